The summed E-state index contributed by atoms with van der Waals surface area (Å²) in [7, 11) is 0. The van der Waals surface area contributed by atoms with Gasteiger partial charge in [-0.15, -0.1) is 0 Å². The Morgan fingerprint density at radius 1 is 1.03 bits per heavy atom. The molecule has 7 nitrogen and oxygen atoms in total. The van der Waals surface area contributed by atoms with E-state index in [1.165, 1.54) is 0 Å². The Balaban J connectivity index is 1.38. The van der Waals surface area contributed by atoms with Crippen LogP contribution in [-0.4, -0.2) is 24.3 Å². The van der Waals surface area contributed by atoms with Crippen molar-refractivity contribution in [2.45, 2.75) is 13.5 Å². The molecule has 4 rings (SSSR count). The SMILES string of the molecule is CCOc1ccc(NC(=O)c2cc(NCc3ccc4c(c3)OCO4)ccn2)cc1. The highest BCUT2D eigenvalue weighted by Gasteiger charge is 2.13. The van der Waals surface area contributed by atoms with E-state index in [1.807, 2.05) is 43.3 Å². The van der Waals surface area contributed by atoms with Gasteiger partial charge in [-0.2, -0.15) is 0 Å². The van der Waals surface area contributed by atoms with Gasteiger partial charge in [0.15, 0.2) is 11.5 Å². The second-order valence-electron chi connectivity index (χ2n) is 6.38. The molecule has 0 bridgehead atoms. The number of nitrogens with one attached hydrogen (secondary N) is 2. The summed E-state index contributed by atoms with van der Waals surface area (Å²) >= 11 is 0. The fourth-order valence-corrected chi connectivity index (χ4v) is 2.92. The van der Waals surface area contributed by atoms with E-state index in [9.17, 15) is 4.79 Å². The van der Waals surface area contributed by atoms with Gasteiger partial charge in [0.05, 0.1) is 6.61 Å². The van der Waals surface area contributed by atoms with Crippen LogP contribution in [0.2, 0.25) is 0 Å². The summed E-state index contributed by atoms with van der Waals surface area (Å²) in [5, 5.41) is 6.14. The number of carbonyl (C=O) groups is 1. The van der Waals surface area contributed by atoms with E-state index in [4.69, 9.17) is 14.2 Å². The monoisotopic (exact) mass is 391 g/mol. The van der Waals surface area contributed by atoms with Crippen molar-refractivity contribution >= 4 is 17.3 Å². The average Bonchev–Trinajstić information content (AvgIpc) is 3.22. The Morgan fingerprint density at radius 3 is 2.69 bits per heavy atom. The van der Waals surface area contributed by atoms with Crippen LogP contribution < -0.4 is 24.8 Å². The first kappa shape index (κ1) is 18.6. The van der Waals surface area contributed by atoms with Gasteiger partial charge in [-0.25, -0.2) is 0 Å². The van der Waals surface area contributed by atoms with Crippen LogP contribution >= 0.6 is 0 Å². The maximum absolute atomic E-state index is 12.5. The maximum Gasteiger partial charge on any atom is 0.274 e. The first-order valence-corrected chi connectivity index (χ1v) is 9.34. The molecule has 0 radical (unpaired) electrons. The normalized spacial score (nSPS) is 11.8. The zero-order valence-electron chi connectivity index (χ0n) is 16.0. The molecule has 0 saturated heterocycles. The number of hydrogen-bond donors (Lipinski definition) is 2. The lowest BCUT2D eigenvalue weighted by Gasteiger charge is -2.10. The van der Waals surface area contributed by atoms with Crippen LogP contribution in [0, 0.1) is 0 Å². The van der Waals surface area contributed by atoms with Crippen LogP contribution in [0.25, 0.3) is 0 Å². The van der Waals surface area contributed by atoms with Crippen LogP contribution in [0.3, 0.4) is 0 Å². The number of ether oxygens (including phenoxy) is 3. The molecule has 1 aromatic heterocycles. The van der Waals surface area contributed by atoms with Crippen LogP contribution in [0.1, 0.15) is 23.0 Å². The van der Waals surface area contributed by atoms with Crippen molar-refractivity contribution in [3.8, 4) is 17.2 Å². The van der Waals surface area contributed by atoms with Crippen LogP contribution in [-0.2, 0) is 6.54 Å². The highest BCUT2D eigenvalue weighted by Crippen LogP contribution is 2.32. The number of pyridine rings is 1. The fraction of sp³-hybridized carbons (Fsp3) is 0.182. The zero-order valence-corrected chi connectivity index (χ0v) is 16.0. The van der Waals surface area contributed by atoms with Gasteiger partial charge in [0, 0.05) is 24.1 Å². The second kappa shape index (κ2) is 8.52. The summed E-state index contributed by atoms with van der Waals surface area (Å²) in [6.07, 6.45) is 1.61. The number of hydrogen-bond acceptors (Lipinski definition) is 6. The van der Waals surface area contributed by atoms with Gasteiger partial charge in [0.2, 0.25) is 6.79 Å². The summed E-state index contributed by atoms with van der Waals surface area (Å²) in [5.41, 5.74) is 2.86. The average molecular weight is 391 g/mol. The lowest BCUT2D eigenvalue weighted by Crippen LogP contribution is -2.14. The Morgan fingerprint density at radius 2 is 1.86 bits per heavy atom. The Labute approximate surface area is 168 Å². The third kappa shape index (κ3) is 4.57. The molecule has 29 heavy (non-hydrogen) atoms. The molecule has 148 valence electrons. The molecule has 2 N–H and O–H groups in total. The van der Waals surface area contributed by atoms with Crippen molar-refractivity contribution in [2.75, 3.05) is 24.0 Å². The Kier molecular flexibility index (Phi) is 5.47. The number of benzene rings is 2. The summed E-state index contributed by atoms with van der Waals surface area (Å²) in [5.74, 6) is 1.99. The molecule has 2 heterocycles. The zero-order chi connectivity index (χ0) is 20.1. The number of rotatable bonds is 7. The minimum atomic E-state index is -0.277. The molecule has 0 unspecified atom stereocenters. The van der Waals surface area contributed by atoms with Crippen LogP contribution in [0.15, 0.2) is 60.8 Å². The third-order valence-corrected chi connectivity index (χ3v) is 4.35. The van der Waals surface area contributed by atoms with Gasteiger partial charge < -0.3 is 24.8 Å². The summed E-state index contributed by atoms with van der Waals surface area (Å²) in [6.45, 7) is 3.36. The number of amides is 1. The molecule has 0 spiro atoms. The van der Waals surface area contributed by atoms with Gasteiger partial charge in [0.25, 0.3) is 5.91 Å². The van der Waals surface area contributed by atoms with E-state index in [-0.39, 0.29) is 12.7 Å². The molecule has 0 saturated carbocycles. The first-order chi connectivity index (χ1) is 14.2. The fourth-order valence-electron chi connectivity index (χ4n) is 2.92. The maximum atomic E-state index is 12.5. The van der Waals surface area contributed by atoms with Crippen molar-refractivity contribution in [2.24, 2.45) is 0 Å². The van der Waals surface area contributed by atoms with Crippen molar-refractivity contribution in [3.05, 3.63) is 72.1 Å². The largest absolute Gasteiger partial charge is 0.494 e. The molecule has 0 fully saturated rings. The molecular formula is C22H21N3O4. The Hall–Kier alpha value is -3.74. The van der Waals surface area contributed by atoms with Gasteiger partial charge in [-0.1, -0.05) is 6.07 Å². The van der Waals surface area contributed by atoms with E-state index < -0.39 is 0 Å². The smallest absolute Gasteiger partial charge is 0.274 e. The van der Waals surface area contributed by atoms with E-state index >= 15 is 0 Å². The van der Waals surface area contributed by atoms with Crippen molar-refractivity contribution in [1.82, 2.24) is 4.98 Å². The number of fused-ring (bicyclic) bond motifs is 1. The molecule has 1 aliphatic heterocycles. The predicted octanol–water partition coefficient (Wildman–Crippen LogP) is 4.07. The Bertz CT molecular complexity index is 1010. The number of nitrogens with zero attached hydrogens (tertiary/aromatic N) is 1. The van der Waals surface area contributed by atoms with Gasteiger partial charge in [-0.05, 0) is 61.0 Å². The predicted molar refractivity (Wildman–Crippen MR) is 110 cm³/mol. The molecule has 1 amide bonds. The van der Waals surface area contributed by atoms with Gasteiger partial charge in [0.1, 0.15) is 11.4 Å². The third-order valence-electron chi connectivity index (χ3n) is 4.35. The number of carbonyl (C=O) groups excluding carboxylic acids is 1. The van der Waals surface area contributed by atoms with Crippen molar-refractivity contribution in [3.63, 3.8) is 0 Å². The summed E-state index contributed by atoms with van der Waals surface area (Å²) < 4.78 is 16.1. The van der Waals surface area contributed by atoms with Crippen molar-refractivity contribution < 1.29 is 19.0 Å². The summed E-state index contributed by atoms with van der Waals surface area (Å²) in [6, 6.07) is 16.6. The van der Waals surface area contributed by atoms with Gasteiger partial charge in [-0.3, -0.25) is 9.78 Å². The second-order valence-corrected chi connectivity index (χ2v) is 6.38. The van der Waals surface area contributed by atoms with Crippen LogP contribution in [0.4, 0.5) is 11.4 Å². The molecular weight excluding hydrogens is 370 g/mol. The van der Waals surface area contributed by atoms with Crippen molar-refractivity contribution in [1.29, 1.82) is 0 Å². The molecule has 0 aliphatic carbocycles. The topological polar surface area (TPSA) is 81.7 Å². The van der Waals surface area contributed by atoms with E-state index in [0.717, 1.165) is 28.5 Å². The molecule has 3 aromatic rings. The number of aromatic nitrogens is 1. The standard InChI is InChI=1S/C22H21N3O4/c1-2-27-18-6-4-16(5-7-18)25-22(26)19-12-17(9-10-23-19)24-13-15-3-8-20-21(11-15)29-14-28-20/h3-12H,2,13-14H2,1H3,(H,23,24)(H,25,26). The lowest BCUT2D eigenvalue weighted by molar-refractivity contribution is 0.102. The first-order valence-electron chi connectivity index (χ1n) is 9.34. The molecule has 0 atom stereocenters. The molecule has 7 heteroatoms. The van der Waals surface area contributed by atoms with Crippen LogP contribution in [0.5, 0.6) is 17.2 Å². The minimum absolute atomic E-state index is 0.253. The number of anilines is 2. The van der Waals surface area contributed by atoms with E-state index in [0.29, 0.717) is 24.5 Å². The molecule has 1 aliphatic rings. The van der Waals surface area contributed by atoms with E-state index in [1.54, 1.807) is 24.4 Å². The molecule has 2 aromatic carbocycles. The highest BCUT2D eigenvalue weighted by molar-refractivity contribution is 6.03. The minimum Gasteiger partial charge on any atom is -0.494 e. The lowest BCUT2D eigenvalue weighted by atomic mass is 10.2. The van der Waals surface area contributed by atoms with Gasteiger partial charge >= 0.3 is 0 Å². The highest BCUT2D eigenvalue weighted by atomic mass is 16.7. The summed E-state index contributed by atoms with van der Waals surface area (Å²) in [4.78, 5) is 16.7. The quantitative estimate of drug-likeness (QED) is 0.632. The van der Waals surface area contributed by atoms with E-state index in [2.05, 4.69) is 15.6 Å².